The first-order chi connectivity index (χ1) is 10.3. The van der Waals surface area contributed by atoms with Gasteiger partial charge in [0, 0.05) is 32.4 Å². The van der Waals surface area contributed by atoms with Crippen LogP contribution in [0.3, 0.4) is 0 Å². The molecule has 0 aliphatic carbocycles. The predicted octanol–water partition coefficient (Wildman–Crippen LogP) is 2.62. The summed E-state index contributed by atoms with van der Waals surface area (Å²) in [4.78, 5) is 24.7. The Morgan fingerprint density at radius 2 is 2.00 bits per heavy atom. The Morgan fingerprint density at radius 3 is 2.55 bits per heavy atom. The Labute approximate surface area is 132 Å². The summed E-state index contributed by atoms with van der Waals surface area (Å²) in [6, 6.07) is 2.15. The summed E-state index contributed by atoms with van der Waals surface area (Å²) >= 11 is 0. The van der Waals surface area contributed by atoms with Crippen molar-refractivity contribution in [3.8, 4) is 0 Å². The Morgan fingerprint density at radius 1 is 1.36 bits per heavy atom. The molecular formula is C16H26N4O2. The maximum absolute atomic E-state index is 12.1. The minimum absolute atomic E-state index is 0.217. The zero-order valence-electron chi connectivity index (χ0n) is 14.2. The summed E-state index contributed by atoms with van der Waals surface area (Å²) in [5.41, 5.74) is -0.454. The molecule has 0 aromatic carbocycles. The van der Waals surface area contributed by atoms with Crippen LogP contribution in [0.1, 0.15) is 39.4 Å². The molecule has 1 aromatic rings. The first-order valence-electron chi connectivity index (χ1n) is 7.76. The summed E-state index contributed by atoms with van der Waals surface area (Å²) in [6.07, 6.45) is 3.37. The third-order valence-corrected chi connectivity index (χ3v) is 3.78. The molecule has 0 radical (unpaired) electrons. The van der Waals surface area contributed by atoms with Crippen molar-refractivity contribution in [2.24, 2.45) is 0 Å². The number of rotatable bonds is 2. The average molecular weight is 306 g/mol. The first-order valence-corrected chi connectivity index (χ1v) is 7.76. The van der Waals surface area contributed by atoms with Crippen LogP contribution in [0.2, 0.25) is 0 Å². The normalized spacial score (nSPS) is 16.5. The van der Waals surface area contributed by atoms with E-state index < -0.39 is 5.60 Å². The number of hydrogen-bond donors (Lipinski definition) is 0. The van der Waals surface area contributed by atoms with E-state index in [1.807, 2.05) is 40.8 Å². The number of anilines is 1. The second kappa shape index (κ2) is 6.50. The van der Waals surface area contributed by atoms with Gasteiger partial charge in [0.15, 0.2) is 0 Å². The van der Waals surface area contributed by atoms with Gasteiger partial charge in [-0.25, -0.2) is 14.8 Å². The molecule has 1 fully saturated rings. The molecule has 0 spiro atoms. The maximum Gasteiger partial charge on any atom is 0.410 e. The van der Waals surface area contributed by atoms with Crippen molar-refractivity contribution in [3.05, 3.63) is 18.1 Å². The van der Waals surface area contributed by atoms with E-state index in [1.54, 1.807) is 11.1 Å². The minimum atomic E-state index is -0.454. The Balaban J connectivity index is 1.90. The monoisotopic (exact) mass is 306 g/mol. The van der Waals surface area contributed by atoms with Crippen LogP contribution >= 0.6 is 0 Å². The van der Waals surface area contributed by atoms with Crippen LogP contribution in [0.25, 0.3) is 0 Å². The summed E-state index contributed by atoms with van der Waals surface area (Å²) in [5, 5.41) is 0. The number of amides is 1. The highest BCUT2D eigenvalue weighted by molar-refractivity contribution is 5.68. The number of piperidine rings is 1. The maximum atomic E-state index is 12.1. The van der Waals surface area contributed by atoms with Crippen LogP contribution in [0, 0.1) is 6.92 Å². The number of hydrogen-bond acceptors (Lipinski definition) is 5. The third kappa shape index (κ3) is 4.32. The average Bonchev–Trinajstić information content (AvgIpc) is 2.45. The van der Waals surface area contributed by atoms with Gasteiger partial charge in [0.1, 0.15) is 17.2 Å². The highest BCUT2D eigenvalue weighted by Crippen LogP contribution is 2.21. The SMILES string of the molecule is Cc1nccc(N2CCC(N(C)C(=O)OC(C)(C)C)CC2)n1. The second-order valence-corrected chi connectivity index (χ2v) is 6.77. The molecule has 1 amide bonds. The van der Waals surface area contributed by atoms with Crippen LogP contribution in [0.4, 0.5) is 10.6 Å². The zero-order valence-corrected chi connectivity index (χ0v) is 14.2. The molecule has 0 unspecified atom stereocenters. The van der Waals surface area contributed by atoms with Crippen molar-refractivity contribution in [1.82, 2.24) is 14.9 Å². The van der Waals surface area contributed by atoms with Crippen molar-refractivity contribution in [3.63, 3.8) is 0 Å². The van der Waals surface area contributed by atoms with Crippen LogP contribution in [-0.4, -0.2) is 52.7 Å². The van der Waals surface area contributed by atoms with Crippen molar-refractivity contribution < 1.29 is 9.53 Å². The summed E-state index contributed by atoms with van der Waals surface area (Å²) in [6.45, 7) is 9.32. The highest BCUT2D eigenvalue weighted by atomic mass is 16.6. The van der Waals surface area contributed by atoms with Gasteiger partial charge >= 0.3 is 6.09 Å². The van der Waals surface area contributed by atoms with Gasteiger partial charge in [-0.05, 0) is 46.6 Å². The van der Waals surface area contributed by atoms with Crippen molar-refractivity contribution in [1.29, 1.82) is 0 Å². The topological polar surface area (TPSA) is 58.6 Å². The van der Waals surface area contributed by atoms with Gasteiger partial charge in [0.2, 0.25) is 0 Å². The molecule has 6 nitrogen and oxygen atoms in total. The largest absolute Gasteiger partial charge is 0.444 e. The van der Waals surface area contributed by atoms with E-state index in [9.17, 15) is 4.79 Å². The number of ether oxygens (including phenoxy) is 1. The van der Waals surface area contributed by atoms with Gasteiger partial charge in [-0.3, -0.25) is 0 Å². The van der Waals surface area contributed by atoms with Crippen LogP contribution in [-0.2, 0) is 4.74 Å². The van der Waals surface area contributed by atoms with E-state index in [0.29, 0.717) is 0 Å². The Kier molecular flexibility index (Phi) is 4.88. The van der Waals surface area contributed by atoms with E-state index in [-0.39, 0.29) is 12.1 Å². The van der Waals surface area contributed by atoms with Gasteiger partial charge in [0.25, 0.3) is 0 Å². The van der Waals surface area contributed by atoms with Crippen molar-refractivity contribution in [2.75, 3.05) is 25.0 Å². The number of aromatic nitrogens is 2. The fourth-order valence-corrected chi connectivity index (χ4v) is 2.59. The number of aryl methyl sites for hydroxylation is 1. The molecule has 122 valence electrons. The molecule has 22 heavy (non-hydrogen) atoms. The lowest BCUT2D eigenvalue weighted by molar-refractivity contribution is 0.0201. The lowest BCUT2D eigenvalue weighted by Gasteiger charge is -2.37. The summed E-state index contributed by atoms with van der Waals surface area (Å²) in [5.74, 6) is 1.75. The quantitative estimate of drug-likeness (QED) is 0.840. The molecule has 0 bridgehead atoms. The van der Waals surface area contributed by atoms with Gasteiger partial charge in [0.05, 0.1) is 0 Å². The fraction of sp³-hybridized carbons (Fsp3) is 0.688. The smallest absolute Gasteiger partial charge is 0.410 e. The van der Waals surface area contributed by atoms with Crippen LogP contribution in [0.5, 0.6) is 0 Å². The minimum Gasteiger partial charge on any atom is -0.444 e. The molecule has 0 N–H and O–H groups in total. The number of carbonyl (C=O) groups excluding carboxylic acids is 1. The molecule has 2 heterocycles. The molecule has 1 aliphatic rings. The molecule has 1 aliphatic heterocycles. The standard InChI is InChI=1S/C16H26N4O2/c1-12-17-9-6-14(18-12)20-10-7-13(8-11-20)19(5)15(21)22-16(2,3)4/h6,9,13H,7-8,10-11H2,1-5H3. The zero-order chi connectivity index (χ0) is 16.3. The van der Waals surface area contributed by atoms with Gasteiger partial charge in [-0.1, -0.05) is 0 Å². The van der Waals surface area contributed by atoms with E-state index in [0.717, 1.165) is 37.6 Å². The Bertz CT molecular complexity index is 519. The molecule has 1 aromatic heterocycles. The van der Waals surface area contributed by atoms with E-state index in [4.69, 9.17) is 4.74 Å². The lowest BCUT2D eigenvalue weighted by atomic mass is 10.0. The van der Waals surface area contributed by atoms with Crippen molar-refractivity contribution in [2.45, 2.75) is 52.2 Å². The lowest BCUT2D eigenvalue weighted by Crippen LogP contribution is -2.47. The van der Waals surface area contributed by atoms with Crippen LogP contribution < -0.4 is 4.90 Å². The first kappa shape index (κ1) is 16.5. The fourth-order valence-electron chi connectivity index (χ4n) is 2.59. The number of nitrogens with zero attached hydrogens (tertiary/aromatic N) is 4. The molecule has 0 atom stereocenters. The molecule has 6 heteroatoms. The molecular weight excluding hydrogens is 280 g/mol. The van der Waals surface area contributed by atoms with Gasteiger partial charge in [-0.2, -0.15) is 0 Å². The highest BCUT2D eigenvalue weighted by Gasteiger charge is 2.28. The van der Waals surface area contributed by atoms with E-state index >= 15 is 0 Å². The predicted molar refractivity (Wildman–Crippen MR) is 86.0 cm³/mol. The Hall–Kier alpha value is -1.85. The third-order valence-electron chi connectivity index (χ3n) is 3.78. The summed E-state index contributed by atoms with van der Waals surface area (Å²) in [7, 11) is 1.82. The van der Waals surface area contributed by atoms with E-state index in [2.05, 4.69) is 14.9 Å². The van der Waals surface area contributed by atoms with Gasteiger partial charge < -0.3 is 14.5 Å². The van der Waals surface area contributed by atoms with Crippen LogP contribution in [0.15, 0.2) is 12.3 Å². The molecule has 1 saturated heterocycles. The van der Waals surface area contributed by atoms with Gasteiger partial charge in [-0.15, -0.1) is 0 Å². The van der Waals surface area contributed by atoms with E-state index in [1.165, 1.54) is 0 Å². The van der Waals surface area contributed by atoms with Crippen molar-refractivity contribution >= 4 is 11.9 Å². The summed E-state index contributed by atoms with van der Waals surface area (Å²) < 4.78 is 5.43. The number of carbonyl (C=O) groups is 1. The molecule has 0 saturated carbocycles. The second-order valence-electron chi connectivity index (χ2n) is 6.77. The molecule has 2 rings (SSSR count).